The predicted molar refractivity (Wildman–Crippen MR) is 88.0 cm³/mol. The van der Waals surface area contributed by atoms with Crippen molar-refractivity contribution in [3.05, 3.63) is 34.9 Å². The van der Waals surface area contributed by atoms with Crippen LogP contribution in [0.5, 0.6) is 0 Å². The number of nitrogens with one attached hydrogen (secondary N) is 1. The van der Waals surface area contributed by atoms with Gasteiger partial charge in [-0.15, -0.1) is 0 Å². The standard InChI is InChI=1S/C17H24ClNO3/c1-11(2)15(8-9-20)19-16(21)10-12(3)17(22)13-4-6-14(18)7-5-13/h4-7,11-12,15,20H,8-10H2,1-3H3,(H,19,21). The number of aliphatic hydroxyl groups excluding tert-OH is 1. The van der Waals surface area contributed by atoms with Gasteiger partial charge in [-0.2, -0.15) is 0 Å². The smallest absolute Gasteiger partial charge is 0.220 e. The summed E-state index contributed by atoms with van der Waals surface area (Å²) in [5, 5.41) is 12.5. The van der Waals surface area contributed by atoms with E-state index in [0.717, 1.165) is 0 Å². The van der Waals surface area contributed by atoms with Crippen molar-refractivity contribution in [1.82, 2.24) is 5.32 Å². The number of benzene rings is 1. The van der Waals surface area contributed by atoms with Crippen molar-refractivity contribution in [1.29, 1.82) is 0 Å². The van der Waals surface area contributed by atoms with Crippen molar-refractivity contribution in [3.8, 4) is 0 Å². The van der Waals surface area contributed by atoms with Crippen molar-refractivity contribution < 1.29 is 14.7 Å². The molecule has 0 bridgehead atoms. The summed E-state index contributed by atoms with van der Waals surface area (Å²) in [6.45, 7) is 5.75. The van der Waals surface area contributed by atoms with Crippen LogP contribution < -0.4 is 5.32 Å². The second-order valence-corrected chi connectivity index (χ2v) is 6.34. The van der Waals surface area contributed by atoms with Gasteiger partial charge >= 0.3 is 0 Å². The van der Waals surface area contributed by atoms with E-state index in [9.17, 15) is 9.59 Å². The Morgan fingerprint density at radius 2 is 1.77 bits per heavy atom. The van der Waals surface area contributed by atoms with Gasteiger partial charge in [0, 0.05) is 35.6 Å². The van der Waals surface area contributed by atoms with E-state index in [4.69, 9.17) is 16.7 Å². The first kappa shape index (κ1) is 18.7. The van der Waals surface area contributed by atoms with Gasteiger partial charge in [0.15, 0.2) is 5.78 Å². The van der Waals surface area contributed by atoms with E-state index < -0.39 is 5.92 Å². The number of aliphatic hydroxyl groups is 1. The van der Waals surface area contributed by atoms with E-state index >= 15 is 0 Å². The fraction of sp³-hybridized carbons (Fsp3) is 0.529. The third-order valence-electron chi connectivity index (χ3n) is 3.66. The van der Waals surface area contributed by atoms with Gasteiger partial charge in [-0.25, -0.2) is 0 Å². The maximum absolute atomic E-state index is 12.3. The second kappa shape index (κ2) is 8.91. The summed E-state index contributed by atoms with van der Waals surface area (Å²) in [5.74, 6) is -0.404. The van der Waals surface area contributed by atoms with E-state index in [1.165, 1.54) is 0 Å². The average molecular weight is 326 g/mol. The molecule has 2 N–H and O–H groups in total. The Balaban J connectivity index is 2.59. The first-order chi connectivity index (χ1) is 10.3. The molecule has 5 heteroatoms. The van der Waals surface area contributed by atoms with E-state index in [1.807, 2.05) is 13.8 Å². The summed E-state index contributed by atoms with van der Waals surface area (Å²) in [7, 11) is 0. The van der Waals surface area contributed by atoms with Gasteiger partial charge in [0.25, 0.3) is 0 Å². The van der Waals surface area contributed by atoms with Crippen LogP contribution >= 0.6 is 11.6 Å². The fourth-order valence-corrected chi connectivity index (χ4v) is 2.37. The number of halogens is 1. The maximum atomic E-state index is 12.3. The molecule has 1 amide bonds. The van der Waals surface area contributed by atoms with Gasteiger partial charge in [0.1, 0.15) is 0 Å². The molecule has 4 nitrogen and oxygen atoms in total. The first-order valence-electron chi connectivity index (χ1n) is 7.55. The van der Waals surface area contributed by atoms with Crippen molar-refractivity contribution >= 4 is 23.3 Å². The molecule has 0 radical (unpaired) electrons. The van der Waals surface area contributed by atoms with Gasteiger partial charge in [0.2, 0.25) is 5.91 Å². The quantitative estimate of drug-likeness (QED) is 0.722. The van der Waals surface area contributed by atoms with E-state index in [2.05, 4.69) is 5.32 Å². The Kier molecular flexibility index (Phi) is 7.56. The number of carbonyl (C=O) groups is 2. The van der Waals surface area contributed by atoms with Crippen LogP contribution in [0, 0.1) is 11.8 Å². The highest BCUT2D eigenvalue weighted by atomic mass is 35.5. The fourth-order valence-electron chi connectivity index (χ4n) is 2.25. The number of Topliss-reactive ketones (excluding diaryl/α,β-unsaturated/α-hetero) is 1. The van der Waals surface area contributed by atoms with Crippen LogP contribution in [0.4, 0.5) is 0 Å². The van der Waals surface area contributed by atoms with E-state index in [1.54, 1.807) is 31.2 Å². The topological polar surface area (TPSA) is 66.4 Å². The Labute approximate surface area is 136 Å². The zero-order chi connectivity index (χ0) is 16.7. The monoisotopic (exact) mass is 325 g/mol. The highest BCUT2D eigenvalue weighted by molar-refractivity contribution is 6.30. The van der Waals surface area contributed by atoms with E-state index in [0.29, 0.717) is 17.0 Å². The van der Waals surface area contributed by atoms with Crippen molar-refractivity contribution in [2.45, 2.75) is 39.7 Å². The molecule has 2 unspecified atom stereocenters. The first-order valence-corrected chi connectivity index (χ1v) is 7.93. The van der Waals surface area contributed by atoms with Crippen LogP contribution in [0.2, 0.25) is 5.02 Å². The molecule has 0 aromatic heterocycles. The van der Waals surface area contributed by atoms with Crippen LogP contribution in [0.15, 0.2) is 24.3 Å². The molecule has 0 saturated carbocycles. The number of carbonyl (C=O) groups excluding carboxylic acids is 2. The molecule has 2 atom stereocenters. The molecule has 22 heavy (non-hydrogen) atoms. The summed E-state index contributed by atoms with van der Waals surface area (Å²) in [6.07, 6.45) is 0.652. The van der Waals surface area contributed by atoms with Crippen molar-refractivity contribution in [3.63, 3.8) is 0 Å². The van der Waals surface area contributed by atoms with Crippen LogP contribution in [-0.2, 0) is 4.79 Å². The molecule has 0 aliphatic heterocycles. The predicted octanol–water partition coefficient (Wildman–Crippen LogP) is 3.07. The molecule has 1 rings (SSSR count). The Hall–Kier alpha value is -1.39. The summed E-state index contributed by atoms with van der Waals surface area (Å²) in [6, 6.07) is 6.59. The zero-order valence-electron chi connectivity index (χ0n) is 13.3. The number of hydrogen-bond donors (Lipinski definition) is 2. The Morgan fingerprint density at radius 1 is 1.18 bits per heavy atom. The summed E-state index contributed by atoms with van der Waals surface area (Å²) in [5.41, 5.74) is 0.556. The lowest BCUT2D eigenvalue weighted by atomic mass is 9.95. The SMILES string of the molecule is CC(CC(=O)NC(CCO)C(C)C)C(=O)c1ccc(Cl)cc1. The minimum Gasteiger partial charge on any atom is -0.396 e. The lowest BCUT2D eigenvalue weighted by Crippen LogP contribution is -2.40. The average Bonchev–Trinajstić information content (AvgIpc) is 2.46. The molecule has 122 valence electrons. The summed E-state index contributed by atoms with van der Waals surface area (Å²) >= 11 is 5.80. The molecule has 0 fully saturated rings. The maximum Gasteiger partial charge on any atom is 0.220 e. The number of rotatable bonds is 8. The zero-order valence-corrected chi connectivity index (χ0v) is 14.1. The number of ketones is 1. The molecule has 0 spiro atoms. The van der Waals surface area contributed by atoms with Crippen molar-refractivity contribution in [2.24, 2.45) is 11.8 Å². The molecule has 0 heterocycles. The third kappa shape index (κ3) is 5.78. The largest absolute Gasteiger partial charge is 0.396 e. The van der Waals surface area contributed by atoms with Crippen LogP contribution in [-0.4, -0.2) is 29.4 Å². The second-order valence-electron chi connectivity index (χ2n) is 5.91. The minimum atomic E-state index is -0.400. The highest BCUT2D eigenvalue weighted by Crippen LogP contribution is 2.16. The molecule has 0 saturated heterocycles. The molecule has 0 aliphatic rings. The van der Waals surface area contributed by atoms with Crippen molar-refractivity contribution in [2.75, 3.05) is 6.61 Å². The Bertz CT molecular complexity index is 499. The van der Waals surface area contributed by atoms with Crippen LogP contribution in [0.25, 0.3) is 0 Å². The number of amides is 1. The van der Waals surface area contributed by atoms with Gasteiger partial charge in [-0.3, -0.25) is 9.59 Å². The van der Waals surface area contributed by atoms with Gasteiger partial charge < -0.3 is 10.4 Å². The summed E-state index contributed by atoms with van der Waals surface area (Å²) < 4.78 is 0. The Morgan fingerprint density at radius 3 is 2.27 bits per heavy atom. The lowest BCUT2D eigenvalue weighted by Gasteiger charge is -2.22. The molecule has 0 aliphatic carbocycles. The normalized spacial score (nSPS) is 13.7. The molecular formula is C17H24ClNO3. The lowest BCUT2D eigenvalue weighted by molar-refractivity contribution is -0.122. The minimum absolute atomic E-state index is 0.0301. The molecule has 1 aromatic rings. The summed E-state index contributed by atoms with van der Waals surface area (Å²) in [4.78, 5) is 24.3. The van der Waals surface area contributed by atoms with Gasteiger partial charge in [0.05, 0.1) is 0 Å². The number of hydrogen-bond acceptors (Lipinski definition) is 3. The van der Waals surface area contributed by atoms with E-state index in [-0.39, 0.29) is 36.7 Å². The van der Waals surface area contributed by atoms with Gasteiger partial charge in [-0.05, 0) is 36.6 Å². The third-order valence-corrected chi connectivity index (χ3v) is 3.91. The van der Waals surface area contributed by atoms with Crippen LogP contribution in [0.1, 0.15) is 44.0 Å². The highest BCUT2D eigenvalue weighted by Gasteiger charge is 2.21. The van der Waals surface area contributed by atoms with Gasteiger partial charge in [-0.1, -0.05) is 32.4 Å². The van der Waals surface area contributed by atoms with Crippen LogP contribution in [0.3, 0.4) is 0 Å². The molecular weight excluding hydrogens is 302 g/mol. The molecule has 1 aromatic carbocycles.